The molecule has 5 nitrogen and oxygen atoms in total. The molecule has 6 heteroatoms. The van der Waals surface area contributed by atoms with Crippen LogP contribution in [0.15, 0.2) is 12.2 Å². The Balaban J connectivity index is 4.87. The van der Waals surface area contributed by atoms with Gasteiger partial charge in [0.25, 0.3) is 5.97 Å². The van der Waals surface area contributed by atoms with Crippen LogP contribution in [0.2, 0.25) is 0 Å². The molecule has 1 unspecified atom stereocenters. The summed E-state index contributed by atoms with van der Waals surface area (Å²) in [7, 11) is -2.02. The lowest BCUT2D eigenvalue weighted by atomic mass is 10.3. The van der Waals surface area contributed by atoms with Gasteiger partial charge in [0.05, 0.1) is 26.2 Å². The van der Waals surface area contributed by atoms with Crippen LogP contribution < -0.4 is 0 Å². The number of carbonyl (C=O) groups excluding carboxylic acids is 1. The molecule has 0 bridgehead atoms. The van der Waals surface area contributed by atoms with Gasteiger partial charge in [0.1, 0.15) is 0 Å². The van der Waals surface area contributed by atoms with E-state index in [1.807, 2.05) is 20.8 Å². The van der Waals surface area contributed by atoms with E-state index in [0.717, 1.165) is 19.3 Å². The molecular weight excluding hydrogens is 303 g/mol. The van der Waals surface area contributed by atoms with Crippen molar-refractivity contribution in [1.29, 1.82) is 0 Å². The van der Waals surface area contributed by atoms with Crippen LogP contribution in [-0.2, 0) is 23.6 Å². The van der Waals surface area contributed by atoms with E-state index in [9.17, 15) is 9.36 Å². The molecule has 0 rings (SSSR count). The Morgan fingerprint density at radius 1 is 1.00 bits per heavy atom. The minimum Gasteiger partial charge on any atom is -0.327 e. The monoisotopic (exact) mass is 333 g/mol. The first-order valence-electron chi connectivity index (χ1n) is 7.98. The van der Waals surface area contributed by atoms with E-state index < -0.39 is 19.3 Å². The van der Waals surface area contributed by atoms with Gasteiger partial charge in [-0.15, -0.1) is 0 Å². The summed E-state index contributed by atoms with van der Waals surface area (Å²) in [5, 5.41) is 0. The average molecular weight is 333 g/mol. The Kier molecular flexibility index (Phi) is 11.6. The molecule has 0 N–H and O–H groups in total. The minimum atomic E-state index is -2.02. The third-order valence-corrected chi connectivity index (χ3v) is 4.26. The number of carbonyl (C=O) groups is 1. The summed E-state index contributed by atoms with van der Waals surface area (Å²) in [6.07, 6.45) is 2.90. The molecule has 0 spiro atoms. The number of hydrogen-bond acceptors (Lipinski definition) is 5. The van der Waals surface area contributed by atoms with E-state index in [4.69, 9.17) is 14.2 Å². The SMILES string of the molecule is C=C(C)C(=O)[P+](=O)CCC(OCCC)(OCCC)OCCC. The first-order valence-corrected chi connectivity index (χ1v) is 9.43. The van der Waals surface area contributed by atoms with Crippen LogP contribution in [0.5, 0.6) is 0 Å². The normalized spacial score (nSPS) is 12.3. The molecule has 0 aromatic heterocycles. The fraction of sp³-hybridized carbons (Fsp3) is 0.812. The molecule has 0 aromatic rings. The average Bonchev–Trinajstić information content (AvgIpc) is 2.52. The Bertz CT molecular complexity index is 346. The zero-order valence-corrected chi connectivity index (χ0v) is 15.2. The van der Waals surface area contributed by atoms with Crippen LogP contribution >= 0.6 is 7.80 Å². The van der Waals surface area contributed by atoms with Crippen molar-refractivity contribution in [3.05, 3.63) is 12.2 Å². The fourth-order valence-corrected chi connectivity index (χ4v) is 2.77. The second-order valence-electron chi connectivity index (χ2n) is 5.17. The van der Waals surface area contributed by atoms with Gasteiger partial charge in [-0.2, -0.15) is 0 Å². The Labute approximate surface area is 135 Å². The van der Waals surface area contributed by atoms with Crippen molar-refractivity contribution < 1.29 is 23.6 Å². The Morgan fingerprint density at radius 2 is 1.41 bits per heavy atom. The fourth-order valence-electron chi connectivity index (χ4n) is 1.67. The van der Waals surface area contributed by atoms with Crippen molar-refractivity contribution in [2.75, 3.05) is 26.0 Å². The molecule has 0 aliphatic rings. The molecule has 22 heavy (non-hydrogen) atoms. The van der Waals surface area contributed by atoms with Crippen LogP contribution in [-0.4, -0.2) is 37.5 Å². The van der Waals surface area contributed by atoms with Gasteiger partial charge in [-0.25, -0.2) is 4.79 Å². The van der Waals surface area contributed by atoms with E-state index in [-0.39, 0.29) is 12.6 Å². The van der Waals surface area contributed by atoms with Crippen molar-refractivity contribution in [3.63, 3.8) is 0 Å². The molecule has 0 saturated heterocycles. The van der Waals surface area contributed by atoms with Gasteiger partial charge in [-0.1, -0.05) is 31.9 Å². The highest BCUT2D eigenvalue weighted by atomic mass is 31.1. The maximum atomic E-state index is 12.0. The summed E-state index contributed by atoms with van der Waals surface area (Å²) in [4.78, 5) is 11.7. The number of hydrogen-bond donors (Lipinski definition) is 0. The summed E-state index contributed by atoms with van der Waals surface area (Å²) in [5.74, 6) is -1.21. The number of rotatable bonds is 14. The highest BCUT2D eigenvalue weighted by molar-refractivity contribution is 7.64. The highest BCUT2D eigenvalue weighted by Crippen LogP contribution is 2.32. The predicted molar refractivity (Wildman–Crippen MR) is 88.4 cm³/mol. The van der Waals surface area contributed by atoms with Crippen LogP contribution in [0, 0.1) is 0 Å². The molecule has 0 fully saturated rings. The van der Waals surface area contributed by atoms with Gasteiger partial charge in [0, 0.05) is 5.57 Å². The summed E-state index contributed by atoms with van der Waals surface area (Å²) in [5.41, 5.74) is -0.0875. The molecule has 0 heterocycles. The predicted octanol–water partition coefficient (Wildman–Crippen LogP) is 4.24. The lowest BCUT2D eigenvalue weighted by molar-refractivity contribution is -0.381. The molecule has 1 atom stereocenters. The van der Waals surface area contributed by atoms with E-state index in [2.05, 4.69) is 6.58 Å². The van der Waals surface area contributed by atoms with Gasteiger partial charge in [0.15, 0.2) is 6.16 Å². The lowest BCUT2D eigenvalue weighted by Gasteiger charge is -2.32. The van der Waals surface area contributed by atoms with E-state index in [0.29, 0.717) is 25.4 Å². The van der Waals surface area contributed by atoms with Gasteiger partial charge in [-0.05, 0) is 26.2 Å². The molecular formula is C16H30O5P+. The zero-order chi connectivity index (χ0) is 17.0. The maximum Gasteiger partial charge on any atom is 0.420 e. The van der Waals surface area contributed by atoms with Crippen molar-refractivity contribution in [2.45, 2.75) is 59.4 Å². The van der Waals surface area contributed by atoms with E-state index in [1.54, 1.807) is 6.92 Å². The third kappa shape index (κ3) is 8.14. The molecule has 128 valence electrons. The Morgan fingerprint density at radius 3 is 1.73 bits per heavy atom. The zero-order valence-electron chi connectivity index (χ0n) is 14.4. The maximum absolute atomic E-state index is 12.0. The van der Waals surface area contributed by atoms with Crippen LogP contribution in [0.25, 0.3) is 0 Å². The largest absolute Gasteiger partial charge is 0.420 e. The van der Waals surface area contributed by atoms with Crippen molar-refractivity contribution in [1.82, 2.24) is 0 Å². The number of ether oxygens (including phenoxy) is 3. The van der Waals surface area contributed by atoms with Gasteiger partial charge in [0.2, 0.25) is 0 Å². The smallest absolute Gasteiger partial charge is 0.327 e. The van der Waals surface area contributed by atoms with E-state index in [1.165, 1.54) is 0 Å². The molecule has 0 aliphatic heterocycles. The molecule has 0 radical (unpaired) electrons. The first kappa shape index (κ1) is 21.4. The van der Waals surface area contributed by atoms with Crippen molar-refractivity contribution >= 4 is 13.3 Å². The molecule has 0 aromatic carbocycles. The second-order valence-corrected chi connectivity index (χ2v) is 6.78. The van der Waals surface area contributed by atoms with Crippen LogP contribution in [0.4, 0.5) is 0 Å². The van der Waals surface area contributed by atoms with Crippen LogP contribution in [0.1, 0.15) is 53.4 Å². The molecule has 0 amide bonds. The minimum absolute atomic E-state index is 0.165. The summed E-state index contributed by atoms with van der Waals surface area (Å²) in [6, 6.07) is 0. The Hall–Kier alpha value is -0.610. The van der Waals surface area contributed by atoms with Crippen molar-refractivity contribution in [3.8, 4) is 0 Å². The second kappa shape index (κ2) is 11.9. The van der Waals surface area contributed by atoms with Crippen LogP contribution in [0.3, 0.4) is 0 Å². The number of allylic oxidation sites excluding steroid dienone is 1. The highest BCUT2D eigenvalue weighted by Gasteiger charge is 2.39. The summed E-state index contributed by atoms with van der Waals surface area (Å²) >= 11 is 0. The standard InChI is InChI=1S/C16H30O5P/c1-6-10-19-16(20-11-7-2,21-12-8-3)9-13-22(18)15(17)14(4)5/h4,6-13H2,1-3,5H3/q+1. The third-order valence-electron chi connectivity index (χ3n) is 2.79. The summed E-state index contributed by atoms with van der Waals surface area (Å²) in [6.45, 7) is 12.6. The lowest BCUT2D eigenvalue weighted by Crippen LogP contribution is -2.41. The van der Waals surface area contributed by atoms with E-state index >= 15 is 0 Å². The molecule has 0 aliphatic carbocycles. The quantitative estimate of drug-likeness (QED) is 0.270. The topological polar surface area (TPSA) is 61.8 Å². The van der Waals surface area contributed by atoms with Crippen molar-refractivity contribution in [2.24, 2.45) is 0 Å². The summed E-state index contributed by atoms with van der Waals surface area (Å²) < 4.78 is 29.3. The van der Waals surface area contributed by atoms with Gasteiger partial charge < -0.3 is 14.2 Å². The van der Waals surface area contributed by atoms with Gasteiger partial charge in [-0.3, -0.25) is 0 Å². The van der Waals surface area contributed by atoms with Gasteiger partial charge >= 0.3 is 13.3 Å². The molecule has 0 saturated carbocycles. The first-order chi connectivity index (χ1) is 10.4.